The molecule has 0 unspecified atom stereocenters. The van der Waals surface area contributed by atoms with Gasteiger partial charge in [-0.25, -0.2) is 4.79 Å². The van der Waals surface area contributed by atoms with Crippen LogP contribution in [0.2, 0.25) is 0 Å². The highest BCUT2D eigenvalue weighted by atomic mass is 16.5. The first kappa shape index (κ1) is 18.2. The lowest BCUT2D eigenvalue weighted by molar-refractivity contribution is -0.119. The van der Waals surface area contributed by atoms with E-state index in [-0.39, 0.29) is 31.7 Å². The van der Waals surface area contributed by atoms with Crippen molar-refractivity contribution in [1.29, 1.82) is 0 Å². The molecule has 8 nitrogen and oxygen atoms in total. The number of carbonyl (C=O) groups is 2. The lowest BCUT2D eigenvalue weighted by atomic mass is 10.1. The summed E-state index contributed by atoms with van der Waals surface area (Å²) in [5, 5.41) is 24.7. The topological polar surface area (TPSA) is 111 Å². The molecule has 1 fully saturated rings. The maximum atomic E-state index is 12.3. The van der Waals surface area contributed by atoms with Gasteiger partial charge in [0.2, 0.25) is 5.91 Å². The molecule has 0 aromatic heterocycles. The fourth-order valence-electron chi connectivity index (χ4n) is 2.58. The van der Waals surface area contributed by atoms with Crippen LogP contribution in [0.3, 0.4) is 0 Å². The molecular weight excluding hydrogens is 314 g/mol. The van der Waals surface area contributed by atoms with Crippen LogP contribution in [0, 0.1) is 6.92 Å². The number of anilines is 2. The Morgan fingerprint density at radius 3 is 2.58 bits per heavy atom. The zero-order valence-corrected chi connectivity index (χ0v) is 13.8. The largest absolute Gasteiger partial charge is 0.393 e. The van der Waals surface area contributed by atoms with Crippen molar-refractivity contribution < 1.29 is 24.5 Å². The number of β-amino-alcohol motifs (C(OH)–C–C–N with tert-alkyl or cyclic N) is 1. The molecule has 0 saturated carbocycles. The first-order valence-corrected chi connectivity index (χ1v) is 7.66. The third kappa shape index (κ3) is 4.22. The van der Waals surface area contributed by atoms with Gasteiger partial charge >= 0.3 is 6.03 Å². The summed E-state index contributed by atoms with van der Waals surface area (Å²) in [6.45, 7) is 1.80. The summed E-state index contributed by atoms with van der Waals surface area (Å²) < 4.78 is 4.78. The van der Waals surface area contributed by atoms with E-state index >= 15 is 0 Å². The molecule has 8 heteroatoms. The van der Waals surface area contributed by atoms with Crippen LogP contribution in [-0.2, 0) is 9.53 Å². The zero-order valence-electron chi connectivity index (χ0n) is 13.8. The maximum absolute atomic E-state index is 12.3. The van der Waals surface area contributed by atoms with Gasteiger partial charge in [0.1, 0.15) is 12.2 Å². The Kier molecular flexibility index (Phi) is 5.76. The number of nitrogens with one attached hydrogen (secondary N) is 2. The summed E-state index contributed by atoms with van der Waals surface area (Å²) in [6.07, 6.45) is 0.336. The summed E-state index contributed by atoms with van der Waals surface area (Å²) in [6, 6.07) is 4.83. The first-order chi connectivity index (χ1) is 11.4. The van der Waals surface area contributed by atoms with Crippen molar-refractivity contribution in [2.24, 2.45) is 0 Å². The van der Waals surface area contributed by atoms with Crippen LogP contribution in [0.15, 0.2) is 18.2 Å². The molecule has 1 aromatic rings. The lowest BCUT2D eigenvalue weighted by Gasteiger charge is -2.22. The summed E-state index contributed by atoms with van der Waals surface area (Å²) >= 11 is 0. The van der Waals surface area contributed by atoms with Gasteiger partial charge in [0.15, 0.2) is 0 Å². The molecule has 4 N–H and O–H groups in total. The summed E-state index contributed by atoms with van der Waals surface area (Å²) in [5.41, 5.74) is 0.632. The monoisotopic (exact) mass is 337 g/mol. The number of hydrogen-bond acceptors (Lipinski definition) is 5. The average molecular weight is 337 g/mol. The van der Waals surface area contributed by atoms with Crippen LogP contribution in [0.1, 0.15) is 12.0 Å². The van der Waals surface area contributed by atoms with E-state index in [0.717, 1.165) is 0 Å². The maximum Gasteiger partial charge on any atom is 0.321 e. The van der Waals surface area contributed by atoms with Gasteiger partial charge in [-0.1, -0.05) is 6.07 Å². The minimum absolute atomic E-state index is 0.0520. The Bertz CT molecular complexity index is 622. The fourth-order valence-corrected chi connectivity index (χ4v) is 2.58. The second kappa shape index (κ2) is 7.61. The number of ether oxygens (including phenoxy) is 1. The molecule has 3 amide bonds. The summed E-state index contributed by atoms with van der Waals surface area (Å²) in [4.78, 5) is 25.4. The normalized spacial score (nSPS) is 20.1. The van der Waals surface area contributed by atoms with Gasteiger partial charge in [0.25, 0.3) is 0 Å². The number of nitrogens with zero attached hydrogens (tertiary/aromatic N) is 1. The molecule has 1 heterocycles. The molecule has 132 valence electrons. The molecule has 0 aliphatic carbocycles. The van der Waals surface area contributed by atoms with E-state index in [9.17, 15) is 14.7 Å². The van der Waals surface area contributed by atoms with Crippen molar-refractivity contribution in [1.82, 2.24) is 4.90 Å². The molecule has 2 rings (SSSR count). The number of hydrogen-bond donors (Lipinski definition) is 4. The van der Waals surface area contributed by atoms with E-state index in [1.54, 1.807) is 25.1 Å². The van der Waals surface area contributed by atoms with E-state index in [4.69, 9.17) is 9.84 Å². The van der Waals surface area contributed by atoms with Crippen LogP contribution in [-0.4, -0.2) is 66.1 Å². The SMILES string of the molecule is COCC(=O)Nc1cccc(NC(=O)N2CC[C@@](O)(CO)C2)c1C. The Morgan fingerprint density at radius 2 is 2.00 bits per heavy atom. The van der Waals surface area contributed by atoms with Gasteiger partial charge in [-0.2, -0.15) is 0 Å². The van der Waals surface area contributed by atoms with Gasteiger partial charge in [-0.15, -0.1) is 0 Å². The Labute approximate surface area is 140 Å². The molecule has 0 radical (unpaired) electrons. The van der Waals surface area contributed by atoms with Crippen molar-refractivity contribution >= 4 is 23.3 Å². The minimum atomic E-state index is -1.23. The summed E-state index contributed by atoms with van der Waals surface area (Å²) in [5.74, 6) is -0.281. The molecule has 1 aliphatic heterocycles. The minimum Gasteiger partial charge on any atom is -0.393 e. The number of carbonyl (C=O) groups excluding carboxylic acids is 2. The van der Waals surface area contributed by atoms with Gasteiger partial charge in [-0.05, 0) is 31.0 Å². The van der Waals surface area contributed by atoms with Crippen molar-refractivity contribution in [2.75, 3.05) is 44.0 Å². The molecule has 1 aliphatic rings. The number of likely N-dealkylation sites (tertiary alicyclic amines) is 1. The molecular formula is C16H23N3O5. The molecule has 1 saturated heterocycles. The number of aliphatic hydroxyl groups excluding tert-OH is 1. The molecule has 24 heavy (non-hydrogen) atoms. The Balaban J connectivity index is 2.05. The highest BCUT2D eigenvalue weighted by Gasteiger charge is 2.37. The molecule has 0 spiro atoms. The van der Waals surface area contributed by atoms with Crippen LogP contribution in [0.25, 0.3) is 0 Å². The lowest BCUT2D eigenvalue weighted by Crippen LogP contribution is -2.40. The number of benzene rings is 1. The number of urea groups is 1. The van der Waals surface area contributed by atoms with Crippen molar-refractivity contribution in [2.45, 2.75) is 18.9 Å². The standard InChI is InChI=1S/C16H23N3O5/c1-11-12(17-14(21)8-24-2)4-3-5-13(11)18-15(22)19-7-6-16(23,9-19)10-20/h3-5,20,23H,6-10H2,1-2H3,(H,17,21)(H,18,22)/t16-/m0/s1. The number of aliphatic hydroxyl groups is 2. The van der Waals surface area contributed by atoms with Crippen molar-refractivity contribution in [3.05, 3.63) is 23.8 Å². The van der Waals surface area contributed by atoms with Gasteiger partial charge < -0.3 is 30.5 Å². The highest BCUT2D eigenvalue weighted by Crippen LogP contribution is 2.25. The number of amides is 3. The van der Waals surface area contributed by atoms with E-state index in [2.05, 4.69) is 10.6 Å². The van der Waals surface area contributed by atoms with E-state index < -0.39 is 5.60 Å². The first-order valence-electron chi connectivity index (χ1n) is 7.66. The van der Waals surface area contributed by atoms with Crippen LogP contribution >= 0.6 is 0 Å². The Hall–Kier alpha value is -2.16. The Morgan fingerprint density at radius 1 is 1.33 bits per heavy atom. The number of rotatable bonds is 5. The highest BCUT2D eigenvalue weighted by molar-refractivity contribution is 5.95. The van der Waals surface area contributed by atoms with Crippen molar-refractivity contribution in [3.8, 4) is 0 Å². The molecule has 1 atom stereocenters. The van der Waals surface area contributed by atoms with E-state index in [0.29, 0.717) is 29.9 Å². The fraction of sp³-hybridized carbons (Fsp3) is 0.500. The zero-order chi connectivity index (χ0) is 17.7. The third-order valence-electron chi connectivity index (χ3n) is 4.04. The summed E-state index contributed by atoms with van der Waals surface area (Å²) in [7, 11) is 1.44. The predicted octanol–water partition coefficient (Wildman–Crippen LogP) is 0.541. The van der Waals surface area contributed by atoms with E-state index in [1.165, 1.54) is 12.0 Å². The molecule has 0 bridgehead atoms. The smallest absolute Gasteiger partial charge is 0.321 e. The van der Waals surface area contributed by atoms with Gasteiger partial charge in [0.05, 0.1) is 13.2 Å². The second-order valence-electron chi connectivity index (χ2n) is 5.94. The quantitative estimate of drug-likeness (QED) is 0.627. The van der Waals surface area contributed by atoms with Crippen LogP contribution in [0.5, 0.6) is 0 Å². The average Bonchev–Trinajstić information content (AvgIpc) is 2.95. The van der Waals surface area contributed by atoms with E-state index in [1.807, 2.05) is 0 Å². The van der Waals surface area contributed by atoms with Crippen LogP contribution in [0.4, 0.5) is 16.2 Å². The second-order valence-corrected chi connectivity index (χ2v) is 5.94. The molecule has 1 aromatic carbocycles. The predicted molar refractivity (Wildman–Crippen MR) is 88.9 cm³/mol. The third-order valence-corrected chi connectivity index (χ3v) is 4.04. The van der Waals surface area contributed by atoms with Crippen LogP contribution < -0.4 is 10.6 Å². The van der Waals surface area contributed by atoms with Crippen molar-refractivity contribution in [3.63, 3.8) is 0 Å². The van der Waals surface area contributed by atoms with Gasteiger partial charge in [-0.3, -0.25) is 4.79 Å². The number of methoxy groups -OCH3 is 1. The van der Waals surface area contributed by atoms with Gasteiger partial charge in [0, 0.05) is 25.0 Å².